The van der Waals surface area contributed by atoms with Crippen molar-refractivity contribution in [1.29, 1.82) is 0 Å². The summed E-state index contributed by atoms with van der Waals surface area (Å²) in [5, 5.41) is 3.28. The number of anilines is 1. The van der Waals surface area contributed by atoms with Crippen LogP contribution in [0.1, 0.15) is 12.8 Å². The third-order valence-electron chi connectivity index (χ3n) is 3.31. The number of benzene rings is 1. The summed E-state index contributed by atoms with van der Waals surface area (Å²) in [4.78, 5) is 1.70. The standard InChI is InChI=1S/C13H18F2N2.ClH/c1-17(9-10-5-7-16-8-6-10)13-11(14)3-2-4-12(13)15;/h2-4,10,16H,5-9H2,1H3;1H. The Morgan fingerprint density at radius 1 is 1.22 bits per heavy atom. The highest BCUT2D eigenvalue weighted by Gasteiger charge is 2.19. The first-order valence-electron chi connectivity index (χ1n) is 6.04. The van der Waals surface area contributed by atoms with E-state index in [1.54, 1.807) is 11.9 Å². The highest BCUT2D eigenvalue weighted by atomic mass is 35.5. The largest absolute Gasteiger partial charge is 0.370 e. The molecule has 1 aliphatic rings. The number of para-hydroxylation sites is 1. The first-order chi connectivity index (χ1) is 8.18. The molecular weight excluding hydrogens is 258 g/mol. The summed E-state index contributed by atoms with van der Waals surface area (Å²) in [6, 6.07) is 4.00. The Kier molecular flexibility index (Phi) is 5.82. The SMILES string of the molecule is CN(CC1CCNCC1)c1c(F)cccc1F.Cl. The highest BCUT2D eigenvalue weighted by Crippen LogP contribution is 2.24. The molecule has 0 aliphatic carbocycles. The van der Waals surface area contributed by atoms with E-state index in [4.69, 9.17) is 0 Å². The summed E-state index contributed by atoms with van der Waals surface area (Å²) in [6.45, 7) is 2.70. The zero-order valence-corrected chi connectivity index (χ0v) is 11.3. The zero-order valence-electron chi connectivity index (χ0n) is 10.5. The normalized spacial score (nSPS) is 16.2. The molecule has 5 heteroatoms. The second-order valence-electron chi connectivity index (χ2n) is 4.64. The molecule has 0 bridgehead atoms. The Bertz CT molecular complexity index is 361. The summed E-state index contributed by atoms with van der Waals surface area (Å²) in [6.07, 6.45) is 2.14. The van der Waals surface area contributed by atoms with Crippen LogP contribution in [0.25, 0.3) is 0 Å². The van der Waals surface area contributed by atoms with Crippen LogP contribution in [0.3, 0.4) is 0 Å². The van der Waals surface area contributed by atoms with E-state index in [-0.39, 0.29) is 18.1 Å². The Balaban J connectivity index is 0.00000162. The van der Waals surface area contributed by atoms with Gasteiger partial charge in [0.15, 0.2) is 0 Å². The lowest BCUT2D eigenvalue weighted by Crippen LogP contribution is -2.35. The lowest BCUT2D eigenvalue weighted by molar-refractivity contribution is 0.376. The van der Waals surface area contributed by atoms with Gasteiger partial charge in [0.2, 0.25) is 0 Å². The monoisotopic (exact) mass is 276 g/mol. The lowest BCUT2D eigenvalue weighted by Gasteiger charge is -2.29. The number of nitrogens with one attached hydrogen (secondary N) is 1. The molecule has 0 aromatic heterocycles. The van der Waals surface area contributed by atoms with Crippen molar-refractivity contribution in [2.45, 2.75) is 12.8 Å². The second kappa shape index (κ2) is 6.90. The van der Waals surface area contributed by atoms with Gasteiger partial charge >= 0.3 is 0 Å². The smallest absolute Gasteiger partial charge is 0.149 e. The quantitative estimate of drug-likeness (QED) is 0.913. The molecule has 1 heterocycles. The molecule has 0 radical (unpaired) electrons. The molecule has 0 unspecified atom stereocenters. The van der Waals surface area contributed by atoms with E-state index in [1.807, 2.05) is 0 Å². The van der Waals surface area contributed by atoms with Gasteiger partial charge in [0.05, 0.1) is 0 Å². The van der Waals surface area contributed by atoms with E-state index in [0.29, 0.717) is 12.5 Å². The van der Waals surface area contributed by atoms with E-state index >= 15 is 0 Å². The van der Waals surface area contributed by atoms with Gasteiger partial charge in [-0.15, -0.1) is 12.4 Å². The molecule has 1 aromatic rings. The Morgan fingerprint density at radius 3 is 2.33 bits per heavy atom. The van der Waals surface area contributed by atoms with Gasteiger partial charge in [0.1, 0.15) is 17.3 Å². The topological polar surface area (TPSA) is 15.3 Å². The highest BCUT2D eigenvalue weighted by molar-refractivity contribution is 5.85. The summed E-state index contributed by atoms with van der Waals surface area (Å²) in [5.74, 6) is -0.455. The van der Waals surface area contributed by atoms with Crippen molar-refractivity contribution in [3.63, 3.8) is 0 Å². The molecule has 0 amide bonds. The van der Waals surface area contributed by atoms with Crippen molar-refractivity contribution < 1.29 is 8.78 Å². The number of hydrogen-bond donors (Lipinski definition) is 1. The van der Waals surface area contributed by atoms with Crippen LogP contribution < -0.4 is 10.2 Å². The molecule has 1 fully saturated rings. The van der Waals surface area contributed by atoms with Gasteiger partial charge in [0.25, 0.3) is 0 Å². The maximum absolute atomic E-state index is 13.6. The minimum absolute atomic E-state index is 0. The van der Waals surface area contributed by atoms with Crippen molar-refractivity contribution >= 4 is 18.1 Å². The lowest BCUT2D eigenvalue weighted by atomic mass is 9.97. The first kappa shape index (κ1) is 15.2. The van der Waals surface area contributed by atoms with Crippen LogP contribution in [-0.2, 0) is 0 Å². The van der Waals surface area contributed by atoms with Crippen LogP contribution in [0.15, 0.2) is 18.2 Å². The molecule has 0 spiro atoms. The van der Waals surface area contributed by atoms with E-state index in [2.05, 4.69) is 5.32 Å². The van der Waals surface area contributed by atoms with Crippen molar-refractivity contribution in [2.24, 2.45) is 5.92 Å². The third kappa shape index (κ3) is 3.56. The van der Waals surface area contributed by atoms with Crippen LogP contribution in [0.2, 0.25) is 0 Å². The van der Waals surface area contributed by atoms with Gasteiger partial charge in [-0.3, -0.25) is 0 Å². The third-order valence-corrected chi connectivity index (χ3v) is 3.31. The number of halogens is 3. The summed E-state index contributed by atoms with van der Waals surface area (Å²) < 4.78 is 27.1. The van der Waals surface area contributed by atoms with Gasteiger partial charge in [-0.1, -0.05) is 6.07 Å². The maximum Gasteiger partial charge on any atom is 0.149 e. The van der Waals surface area contributed by atoms with Crippen molar-refractivity contribution in [3.05, 3.63) is 29.8 Å². The van der Waals surface area contributed by atoms with Crippen LogP contribution in [-0.4, -0.2) is 26.7 Å². The number of rotatable bonds is 3. The molecule has 2 rings (SSSR count). The molecule has 102 valence electrons. The molecule has 1 aliphatic heterocycles. The minimum atomic E-state index is -0.485. The second-order valence-corrected chi connectivity index (χ2v) is 4.64. The van der Waals surface area contributed by atoms with Gasteiger partial charge in [-0.05, 0) is 44.0 Å². The van der Waals surface area contributed by atoms with Gasteiger partial charge in [-0.25, -0.2) is 8.78 Å². The fourth-order valence-corrected chi connectivity index (χ4v) is 2.40. The maximum atomic E-state index is 13.6. The number of nitrogens with zero attached hydrogens (tertiary/aromatic N) is 1. The summed E-state index contributed by atoms with van der Waals surface area (Å²) >= 11 is 0. The molecule has 1 aromatic carbocycles. The van der Waals surface area contributed by atoms with Crippen molar-refractivity contribution in [2.75, 3.05) is 31.6 Å². The molecule has 1 N–H and O–H groups in total. The van der Waals surface area contributed by atoms with E-state index in [9.17, 15) is 8.78 Å². The number of piperidine rings is 1. The molecule has 1 saturated heterocycles. The Hall–Kier alpha value is -0.870. The Morgan fingerprint density at radius 2 is 1.78 bits per heavy atom. The predicted molar refractivity (Wildman–Crippen MR) is 72.5 cm³/mol. The molecule has 0 saturated carbocycles. The van der Waals surface area contributed by atoms with Crippen molar-refractivity contribution in [3.8, 4) is 0 Å². The summed E-state index contributed by atoms with van der Waals surface area (Å²) in [7, 11) is 1.75. The summed E-state index contributed by atoms with van der Waals surface area (Å²) in [5.41, 5.74) is 0.0889. The first-order valence-corrected chi connectivity index (χ1v) is 6.04. The van der Waals surface area contributed by atoms with Crippen LogP contribution >= 0.6 is 12.4 Å². The average molecular weight is 277 g/mol. The van der Waals surface area contributed by atoms with E-state index in [0.717, 1.165) is 25.9 Å². The van der Waals surface area contributed by atoms with Crippen molar-refractivity contribution in [1.82, 2.24) is 5.32 Å². The fourth-order valence-electron chi connectivity index (χ4n) is 2.40. The average Bonchev–Trinajstić information content (AvgIpc) is 2.30. The molecular formula is C13H19ClF2N2. The number of hydrogen-bond acceptors (Lipinski definition) is 2. The van der Waals surface area contributed by atoms with Crippen LogP contribution in [0.5, 0.6) is 0 Å². The van der Waals surface area contributed by atoms with Crippen LogP contribution in [0, 0.1) is 17.6 Å². The van der Waals surface area contributed by atoms with Crippen LogP contribution in [0.4, 0.5) is 14.5 Å². The van der Waals surface area contributed by atoms with E-state index < -0.39 is 11.6 Å². The van der Waals surface area contributed by atoms with Gasteiger partial charge in [-0.2, -0.15) is 0 Å². The Labute approximate surface area is 113 Å². The van der Waals surface area contributed by atoms with Gasteiger partial charge < -0.3 is 10.2 Å². The predicted octanol–water partition coefficient (Wildman–Crippen LogP) is 2.82. The van der Waals surface area contributed by atoms with Gasteiger partial charge in [0, 0.05) is 13.6 Å². The van der Waals surface area contributed by atoms with E-state index in [1.165, 1.54) is 18.2 Å². The fraction of sp³-hybridized carbons (Fsp3) is 0.538. The minimum Gasteiger partial charge on any atom is -0.370 e. The molecule has 18 heavy (non-hydrogen) atoms. The molecule has 0 atom stereocenters. The molecule has 2 nitrogen and oxygen atoms in total. The zero-order chi connectivity index (χ0) is 12.3.